The van der Waals surface area contributed by atoms with Gasteiger partial charge in [0.1, 0.15) is 29.3 Å². The fourth-order valence-electron chi connectivity index (χ4n) is 6.10. The molecule has 0 bridgehead atoms. The Morgan fingerprint density at radius 3 is 1.85 bits per heavy atom. The third kappa shape index (κ3) is 7.40. The zero-order valence-electron chi connectivity index (χ0n) is 30.2. The first-order valence-electron chi connectivity index (χ1n) is 17.2. The number of aryl methyl sites for hydroxylation is 4. The van der Waals surface area contributed by atoms with Crippen LogP contribution in [0.5, 0.6) is 5.75 Å². The van der Waals surface area contributed by atoms with Gasteiger partial charge in [-0.3, -0.25) is 39.2 Å². The van der Waals surface area contributed by atoms with Gasteiger partial charge in [0.25, 0.3) is 11.8 Å². The molecule has 280 valence electrons. The van der Waals surface area contributed by atoms with Crippen LogP contribution >= 0.6 is 0 Å². The van der Waals surface area contributed by atoms with E-state index in [1.165, 1.54) is 12.1 Å². The zero-order valence-corrected chi connectivity index (χ0v) is 30.2. The quantitative estimate of drug-likeness (QED) is 0.0965. The van der Waals surface area contributed by atoms with E-state index in [2.05, 4.69) is 30.8 Å². The zero-order chi connectivity index (χ0) is 38.7. The van der Waals surface area contributed by atoms with Crippen molar-refractivity contribution in [3.05, 3.63) is 88.5 Å². The number of aliphatic hydroxyl groups is 1. The van der Waals surface area contributed by atoms with Crippen molar-refractivity contribution in [3.8, 4) is 5.75 Å². The maximum atomic E-state index is 13.6. The average Bonchev–Trinajstić information content (AvgIpc) is 3.90. The van der Waals surface area contributed by atoms with Crippen LogP contribution < -0.4 is 26.8 Å². The lowest BCUT2D eigenvalue weighted by molar-refractivity contribution is 0.0991. The second kappa shape index (κ2) is 15.4. The predicted molar refractivity (Wildman–Crippen MR) is 199 cm³/mol. The smallest absolute Gasteiger partial charge is 0.276 e. The molecule has 0 saturated heterocycles. The molecule has 0 aliphatic carbocycles. The molecule has 0 saturated carbocycles. The number of hydrogen-bond acceptors (Lipinski definition) is 10. The number of benzene rings is 2. The van der Waals surface area contributed by atoms with E-state index in [4.69, 9.17) is 16.2 Å². The van der Waals surface area contributed by atoms with Crippen molar-refractivity contribution in [1.82, 2.24) is 38.7 Å². The Morgan fingerprint density at radius 1 is 0.759 bits per heavy atom. The Labute approximate surface area is 308 Å². The minimum Gasteiger partial charge on any atom is -0.489 e. The van der Waals surface area contributed by atoms with E-state index in [0.717, 1.165) is 0 Å². The lowest BCUT2D eigenvalue weighted by atomic mass is 10.1. The predicted octanol–water partition coefficient (Wildman–Crippen LogP) is 2.77. The summed E-state index contributed by atoms with van der Waals surface area (Å²) in [5.41, 5.74) is 15.4. The summed E-state index contributed by atoms with van der Waals surface area (Å²) in [4.78, 5) is 60.4. The van der Waals surface area contributed by atoms with E-state index >= 15 is 0 Å². The van der Waals surface area contributed by atoms with Crippen LogP contribution in [0.4, 0.5) is 11.9 Å². The summed E-state index contributed by atoms with van der Waals surface area (Å²) in [6.45, 7) is 8.30. The van der Waals surface area contributed by atoms with E-state index in [0.29, 0.717) is 57.9 Å². The standard InChI is InChI=1S/C36H40N12O6/c1-5-47-27(15-20(3)43-47)33(52)41-35-39-24-17-22(31(37)50)9-10-26(24)45(35)11-7-8-12-46-30-25(18-23(32(38)51)19-29(30)54-14-13-49)40-36(46)42-34(53)28-16-21(4)44-48(28)6-2/h7-10,15-19,49H,5-6,11-14H2,1-4H3,(H2,37,50)(H2,38,51)(H,39,41,52)(H,40,42,53)/b8-7+. The normalized spacial score (nSPS) is 11.5. The molecule has 6 rings (SSSR count). The molecule has 6 aromatic rings. The van der Waals surface area contributed by atoms with Gasteiger partial charge in [0.15, 0.2) is 0 Å². The number of nitrogens with two attached hydrogens (primary N) is 2. The van der Waals surface area contributed by atoms with Crippen molar-refractivity contribution >= 4 is 57.6 Å². The Kier molecular flexibility index (Phi) is 10.6. The van der Waals surface area contributed by atoms with Crippen molar-refractivity contribution < 1.29 is 29.0 Å². The molecule has 18 nitrogen and oxygen atoms in total. The minimum absolute atomic E-state index is 0.0761. The number of hydrogen-bond donors (Lipinski definition) is 5. The fourth-order valence-corrected chi connectivity index (χ4v) is 6.10. The molecule has 54 heavy (non-hydrogen) atoms. The number of imidazole rings is 2. The van der Waals surface area contributed by atoms with Gasteiger partial charge in [0, 0.05) is 37.3 Å². The average molecular weight is 737 g/mol. The molecule has 18 heteroatoms. The highest BCUT2D eigenvalue weighted by Crippen LogP contribution is 2.31. The van der Waals surface area contributed by atoms with Crippen LogP contribution in [0.3, 0.4) is 0 Å². The Morgan fingerprint density at radius 2 is 1.30 bits per heavy atom. The number of carbonyl (C=O) groups is 4. The Hall–Kier alpha value is -6.82. The summed E-state index contributed by atoms with van der Waals surface area (Å²) < 4.78 is 12.5. The van der Waals surface area contributed by atoms with Crippen LogP contribution in [0.15, 0.2) is 54.6 Å². The Balaban J connectivity index is 1.37. The molecule has 0 radical (unpaired) electrons. The fraction of sp³-hybridized carbons (Fsp3) is 0.278. The Bertz CT molecular complexity index is 2450. The lowest BCUT2D eigenvalue weighted by Crippen LogP contribution is -2.20. The second-order valence-corrected chi connectivity index (χ2v) is 12.3. The number of ether oxygens (including phenoxy) is 1. The third-order valence-corrected chi connectivity index (χ3v) is 8.53. The van der Waals surface area contributed by atoms with Crippen LogP contribution in [0.2, 0.25) is 0 Å². The molecule has 0 aliphatic rings. The van der Waals surface area contributed by atoms with E-state index in [-0.39, 0.29) is 55.1 Å². The molecule has 4 heterocycles. The van der Waals surface area contributed by atoms with Crippen molar-refractivity contribution in [1.29, 1.82) is 0 Å². The molecule has 2 aromatic carbocycles. The van der Waals surface area contributed by atoms with Gasteiger partial charge in [0.2, 0.25) is 23.7 Å². The second-order valence-electron chi connectivity index (χ2n) is 12.3. The number of aromatic nitrogens is 8. The number of rotatable bonds is 15. The first-order chi connectivity index (χ1) is 25.9. The number of fused-ring (bicyclic) bond motifs is 2. The van der Waals surface area contributed by atoms with Crippen molar-refractivity contribution in [2.45, 2.75) is 53.9 Å². The molecule has 0 spiro atoms. The largest absolute Gasteiger partial charge is 0.489 e. The maximum Gasteiger partial charge on any atom is 0.276 e. The number of allylic oxidation sites excluding steroid dienone is 2. The van der Waals surface area contributed by atoms with Gasteiger partial charge in [-0.15, -0.1) is 0 Å². The van der Waals surface area contributed by atoms with Crippen molar-refractivity contribution in [2.24, 2.45) is 11.5 Å². The van der Waals surface area contributed by atoms with Crippen molar-refractivity contribution in [3.63, 3.8) is 0 Å². The number of nitrogens with zero attached hydrogens (tertiary/aromatic N) is 8. The molecule has 0 atom stereocenters. The minimum atomic E-state index is -0.708. The highest BCUT2D eigenvalue weighted by Gasteiger charge is 2.22. The summed E-state index contributed by atoms with van der Waals surface area (Å²) >= 11 is 0. The highest BCUT2D eigenvalue weighted by molar-refractivity contribution is 6.05. The molecule has 4 aromatic heterocycles. The van der Waals surface area contributed by atoms with Gasteiger partial charge in [-0.05, 0) is 70.2 Å². The van der Waals surface area contributed by atoms with Crippen LogP contribution in [-0.4, -0.2) is 80.6 Å². The molecule has 0 unspecified atom stereocenters. The van der Waals surface area contributed by atoms with Gasteiger partial charge < -0.3 is 30.4 Å². The number of nitrogens with one attached hydrogen (secondary N) is 2. The molecular formula is C36H40N12O6. The van der Waals surface area contributed by atoms with E-state index < -0.39 is 23.6 Å². The van der Waals surface area contributed by atoms with E-state index in [1.807, 2.05) is 26.0 Å². The van der Waals surface area contributed by atoms with Gasteiger partial charge in [-0.2, -0.15) is 10.2 Å². The SMILES string of the molecule is CCn1nc(C)cc1C(=O)Nc1nc2cc(C(N)=O)ccc2n1C/C=C/Cn1c(NC(=O)c2cc(C)nn2CC)nc2cc(C(N)=O)cc(OCCO)c21. The van der Waals surface area contributed by atoms with Crippen LogP contribution in [0.25, 0.3) is 22.1 Å². The van der Waals surface area contributed by atoms with Gasteiger partial charge in [0.05, 0.1) is 34.5 Å². The number of anilines is 2. The lowest BCUT2D eigenvalue weighted by Gasteiger charge is -2.12. The van der Waals surface area contributed by atoms with Crippen LogP contribution in [0.1, 0.15) is 66.9 Å². The summed E-state index contributed by atoms with van der Waals surface area (Å²) in [6, 6.07) is 11.2. The van der Waals surface area contributed by atoms with Crippen LogP contribution in [0, 0.1) is 13.8 Å². The number of amides is 4. The molecule has 4 amide bonds. The first kappa shape index (κ1) is 37.0. The molecule has 0 aliphatic heterocycles. The highest BCUT2D eigenvalue weighted by atomic mass is 16.5. The summed E-state index contributed by atoms with van der Waals surface area (Å²) in [6.07, 6.45) is 3.65. The monoisotopic (exact) mass is 736 g/mol. The van der Waals surface area contributed by atoms with E-state index in [9.17, 15) is 24.3 Å². The maximum absolute atomic E-state index is 13.6. The summed E-state index contributed by atoms with van der Waals surface area (Å²) in [5.74, 6) is -1.58. The van der Waals surface area contributed by atoms with Gasteiger partial charge in [-0.25, -0.2) is 9.97 Å². The topological polar surface area (TPSA) is 245 Å². The molecule has 7 N–H and O–H groups in total. The third-order valence-electron chi connectivity index (χ3n) is 8.53. The van der Waals surface area contributed by atoms with E-state index in [1.54, 1.807) is 62.7 Å². The first-order valence-corrected chi connectivity index (χ1v) is 17.2. The van der Waals surface area contributed by atoms with Gasteiger partial charge >= 0.3 is 0 Å². The number of primary amides is 2. The summed E-state index contributed by atoms with van der Waals surface area (Å²) in [5, 5.41) is 24.0. The number of aliphatic hydroxyl groups excluding tert-OH is 1. The summed E-state index contributed by atoms with van der Waals surface area (Å²) in [7, 11) is 0. The molecule has 0 fully saturated rings. The number of carbonyl (C=O) groups excluding carboxylic acids is 4. The molecular weight excluding hydrogens is 696 g/mol. The van der Waals surface area contributed by atoms with Crippen LogP contribution in [-0.2, 0) is 26.2 Å². The van der Waals surface area contributed by atoms with Gasteiger partial charge in [-0.1, -0.05) is 12.2 Å². The van der Waals surface area contributed by atoms with Crippen molar-refractivity contribution in [2.75, 3.05) is 23.8 Å².